The molecule has 0 bridgehead atoms. The number of ether oxygens (including phenoxy) is 1. The molecule has 0 unspecified atom stereocenters. The number of aromatic nitrogens is 1. The smallest absolute Gasteiger partial charge is 0.342 e. The normalized spacial score (nSPS) is 9.86. The number of pyridine rings is 1. The Balaban J connectivity index is 3.21. The predicted molar refractivity (Wildman–Crippen MR) is 52.2 cm³/mol. The Morgan fingerprint density at radius 3 is 2.79 bits per heavy atom. The van der Waals surface area contributed by atoms with Gasteiger partial charge in [-0.1, -0.05) is 0 Å². The van der Waals surface area contributed by atoms with E-state index in [1.165, 1.54) is 6.07 Å². The highest BCUT2D eigenvalue weighted by Crippen LogP contribution is 2.12. The quantitative estimate of drug-likeness (QED) is 0.672. The number of aryl methyl sites for hydroxylation is 1. The van der Waals surface area contributed by atoms with Crippen LogP contribution < -0.4 is 11.3 Å². The lowest BCUT2D eigenvalue weighted by Crippen LogP contribution is -2.17. The van der Waals surface area contributed by atoms with E-state index in [4.69, 9.17) is 10.5 Å². The molecular formula is C9H12N2O3. The summed E-state index contributed by atoms with van der Waals surface area (Å²) in [5.74, 6) is -0.466. The van der Waals surface area contributed by atoms with Crippen molar-refractivity contribution in [3.05, 3.63) is 27.5 Å². The zero-order valence-electron chi connectivity index (χ0n) is 8.09. The fraction of sp³-hybridized carbons (Fsp3) is 0.333. The molecule has 0 aliphatic heterocycles. The first kappa shape index (κ1) is 10.3. The number of anilines is 1. The number of carbonyl (C=O) groups is 1. The number of rotatable bonds is 2. The molecule has 1 aromatic heterocycles. The maximum atomic E-state index is 11.4. The largest absolute Gasteiger partial charge is 0.462 e. The van der Waals surface area contributed by atoms with Crippen LogP contribution in [0, 0.1) is 6.92 Å². The lowest BCUT2D eigenvalue weighted by Gasteiger charge is -2.07. The molecule has 0 saturated carbocycles. The Labute approximate surface area is 80.9 Å². The Bertz CT molecular complexity index is 383. The van der Waals surface area contributed by atoms with Crippen molar-refractivity contribution in [1.29, 1.82) is 0 Å². The van der Waals surface area contributed by atoms with Crippen molar-refractivity contribution in [3.63, 3.8) is 0 Å². The monoisotopic (exact) mass is 196 g/mol. The summed E-state index contributed by atoms with van der Waals surface area (Å²) in [4.78, 5) is 24.7. The zero-order valence-corrected chi connectivity index (χ0v) is 8.09. The third-order valence-electron chi connectivity index (χ3n) is 1.75. The molecule has 0 aliphatic rings. The molecule has 14 heavy (non-hydrogen) atoms. The van der Waals surface area contributed by atoms with E-state index in [9.17, 15) is 9.59 Å². The summed E-state index contributed by atoms with van der Waals surface area (Å²) in [6, 6.07) is 1.31. The molecule has 0 aromatic carbocycles. The van der Waals surface area contributed by atoms with Gasteiger partial charge in [0.25, 0.3) is 0 Å². The summed E-state index contributed by atoms with van der Waals surface area (Å²) in [6.07, 6.45) is 0. The van der Waals surface area contributed by atoms with Gasteiger partial charge in [-0.15, -0.1) is 0 Å². The summed E-state index contributed by atoms with van der Waals surface area (Å²) >= 11 is 0. The fourth-order valence-electron chi connectivity index (χ4n) is 1.19. The minimum absolute atomic E-state index is 0.0495. The van der Waals surface area contributed by atoms with Crippen molar-refractivity contribution in [3.8, 4) is 0 Å². The molecule has 0 radical (unpaired) electrons. The second kappa shape index (κ2) is 3.95. The first-order chi connectivity index (χ1) is 6.56. The standard InChI is InChI=1S/C9H12N2O3/c1-3-14-9(13)7-5(2)4-6(12)11-8(7)10/h4H,3H2,1-2H3,(H3,10,11,12). The number of aromatic amines is 1. The zero-order chi connectivity index (χ0) is 10.7. The van der Waals surface area contributed by atoms with E-state index in [0.29, 0.717) is 5.56 Å². The van der Waals surface area contributed by atoms with Gasteiger partial charge in [-0.25, -0.2) is 4.79 Å². The summed E-state index contributed by atoms with van der Waals surface area (Å²) in [5, 5.41) is 0. The second-order valence-electron chi connectivity index (χ2n) is 2.83. The van der Waals surface area contributed by atoms with Crippen molar-refractivity contribution in [2.45, 2.75) is 13.8 Å². The van der Waals surface area contributed by atoms with Crippen molar-refractivity contribution >= 4 is 11.8 Å². The van der Waals surface area contributed by atoms with Crippen molar-refractivity contribution < 1.29 is 9.53 Å². The van der Waals surface area contributed by atoms with Crippen LogP contribution in [0.4, 0.5) is 5.82 Å². The van der Waals surface area contributed by atoms with E-state index >= 15 is 0 Å². The lowest BCUT2D eigenvalue weighted by atomic mass is 10.1. The molecule has 1 rings (SSSR count). The topological polar surface area (TPSA) is 85.2 Å². The number of nitrogens with one attached hydrogen (secondary N) is 1. The molecule has 0 saturated heterocycles. The molecule has 0 atom stereocenters. The molecule has 0 spiro atoms. The number of H-pyrrole nitrogens is 1. The average Bonchev–Trinajstić information content (AvgIpc) is 2.01. The molecular weight excluding hydrogens is 184 g/mol. The predicted octanol–water partition coefficient (Wildman–Crippen LogP) is 0.442. The van der Waals surface area contributed by atoms with Crippen molar-refractivity contribution in [2.24, 2.45) is 0 Å². The van der Waals surface area contributed by atoms with E-state index < -0.39 is 5.97 Å². The highest BCUT2D eigenvalue weighted by atomic mass is 16.5. The average molecular weight is 196 g/mol. The van der Waals surface area contributed by atoms with E-state index in [2.05, 4.69) is 4.98 Å². The van der Waals surface area contributed by atoms with Gasteiger partial charge in [-0.2, -0.15) is 0 Å². The van der Waals surface area contributed by atoms with Gasteiger partial charge in [-0.05, 0) is 19.4 Å². The van der Waals surface area contributed by atoms with Gasteiger partial charge in [0.15, 0.2) is 0 Å². The SMILES string of the molecule is CCOC(=O)c1c(C)cc(=O)[nH]c1N. The van der Waals surface area contributed by atoms with E-state index in [-0.39, 0.29) is 23.5 Å². The highest BCUT2D eigenvalue weighted by molar-refractivity contribution is 5.95. The van der Waals surface area contributed by atoms with Gasteiger partial charge in [0.1, 0.15) is 11.4 Å². The first-order valence-corrected chi connectivity index (χ1v) is 4.22. The van der Waals surface area contributed by atoms with Gasteiger partial charge in [-0.3, -0.25) is 4.79 Å². The van der Waals surface area contributed by atoms with Crippen LogP contribution in [0.3, 0.4) is 0 Å². The fourth-order valence-corrected chi connectivity index (χ4v) is 1.19. The van der Waals surface area contributed by atoms with Crippen LogP contribution in [-0.2, 0) is 4.74 Å². The van der Waals surface area contributed by atoms with Crippen LogP contribution in [0.2, 0.25) is 0 Å². The van der Waals surface area contributed by atoms with Crippen LogP contribution in [-0.4, -0.2) is 17.6 Å². The number of hydrogen-bond acceptors (Lipinski definition) is 4. The van der Waals surface area contributed by atoms with Gasteiger partial charge in [0, 0.05) is 6.07 Å². The maximum Gasteiger partial charge on any atom is 0.342 e. The Morgan fingerprint density at radius 1 is 1.64 bits per heavy atom. The van der Waals surface area contributed by atoms with Crippen LogP contribution in [0.25, 0.3) is 0 Å². The van der Waals surface area contributed by atoms with E-state index in [1.54, 1.807) is 13.8 Å². The second-order valence-corrected chi connectivity index (χ2v) is 2.83. The molecule has 0 aliphatic carbocycles. The van der Waals surface area contributed by atoms with E-state index in [1.807, 2.05) is 0 Å². The van der Waals surface area contributed by atoms with Crippen LogP contribution in [0.5, 0.6) is 0 Å². The summed E-state index contributed by atoms with van der Waals surface area (Å²) < 4.78 is 4.79. The lowest BCUT2D eigenvalue weighted by molar-refractivity contribution is 0.0526. The number of esters is 1. The highest BCUT2D eigenvalue weighted by Gasteiger charge is 2.14. The molecule has 0 amide bonds. The van der Waals surface area contributed by atoms with Crippen LogP contribution in [0.1, 0.15) is 22.8 Å². The molecule has 5 nitrogen and oxygen atoms in total. The van der Waals surface area contributed by atoms with Crippen LogP contribution >= 0.6 is 0 Å². The van der Waals surface area contributed by atoms with Gasteiger partial charge in [0.2, 0.25) is 5.56 Å². The third kappa shape index (κ3) is 1.93. The Kier molecular flexibility index (Phi) is 2.91. The van der Waals surface area contributed by atoms with Crippen molar-refractivity contribution in [1.82, 2.24) is 4.98 Å². The van der Waals surface area contributed by atoms with Crippen LogP contribution in [0.15, 0.2) is 10.9 Å². The number of hydrogen-bond donors (Lipinski definition) is 2. The van der Waals surface area contributed by atoms with Gasteiger partial charge >= 0.3 is 5.97 Å². The molecule has 1 aromatic rings. The summed E-state index contributed by atoms with van der Waals surface area (Å²) in [6.45, 7) is 3.61. The molecule has 76 valence electrons. The number of nitrogen functional groups attached to an aromatic ring is 1. The first-order valence-electron chi connectivity index (χ1n) is 4.22. The summed E-state index contributed by atoms with van der Waals surface area (Å²) in [5.41, 5.74) is 5.92. The Hall–Kier alpha value is -1.78. The summed E-state index contributed by atoms with van der Waals surface area (Å²) in [7, 11) is 0. The van der Waals surface area contributed by atoms with Gasteiger partial charge in [0.05, 0.1) is 6.61 Å². The molecule has 1 heterocycles. The minimum atomic E-state index is -0.515. The number of nitrogens with two attached hydrogens (primary N) is 1. The Morgan fingerprint density at radius 2 is 2.29 bits per heavy atom. The number of carbonyl (C=O) groups excluding carboxylic acids is 1. The van der Waals surface area contributed by atoms with Crippen molar-refractivity contribution in [2.75, 3.05) is 12.3 Å². The molecule has 3 N–H and O–H groups in total. The van der Waals surface area contributed by atoms with E-state index in [0.717, 1.165) is 0 Å². The maximum absolute atomic E-state index is 11.4. The minimum Gasteiger partial charge on any atom is -0.462 e. The molecule has 0 fully saturated rings. The van der Waals surface area contributed by atoms with Gasteiger partial charge < -0.3 is 15.5 Å². The third-order valence-corrected chi connectivity index (χ3v) is 1.75. The molecule has 5 heteroatoms.